The van der Waals surface area contributed by atoms with Gasteiger partial charge < -0.3 is 4.74 Å². The molecule has 4 aromatic heterocycles. The van der Waals surface area contributed by atoms with E-state index < -0.39 is 15.6 Å². The van der Waals surface area contributed by atoms with Crippen LogP contribution in [0, 0.1) is 23.7 Å². The molecular formula is C36H33N7O3S2. The van der Waals surface area contributed by atoms with E-state index in [1.54, 1.807) is 30.5 Å². The molecule has 48 heavy (non-hydrogen) atoms. The fourth-order valence-corrected chi connectivity index (χ4v) is 10.3. The maximum absolute atomic E-state index is 14.8. The summed E-state index contributed by atoms with van der Waals surface area (Å²) >= 11 is 1.43. The second-order valence-corrected chi connectivity index (χ2v) is 16.2. The quantitative estimate of drug-likeness (QED) is 0.191. The molecule has 0 bridgehead atoms. The van der Waals surface area contributed by atoms with Crippen LogP contribution < -0.4 is 0 Å². The minimum atomic E-state index is -4.12. The molecule has 1 spiro atoms. The minimum absolute atomic E-state index is 0.0720. The van der Waals surface area contributed by atoms with E-state index in [0.717, 1.165) is 76.6 Å². The molecule has 2 aliphatic heterocycles. The SMILES string of the molecule is Cc1csc(-c2c(-c3ccc4c(cnn4C)c3)c3c4c(cnc3n2S(=O)(=O)c2ccccc2)COC42CCN(CC3(CC#N)CC3)C2)n1. The molecule has 0 radical (unpaired) electrons. The van der Waals surface area contributed by atoms with Crippen LogP contribution in [0.2, 0.25) is 0 Å². The molecule has 0 N–H and O–H groups in total. The van der Waals surface area contributed by atoms with E-state index in [1.165, 1.54) is 15.3 Å². The third kappa shape index (κ3) is 4.41. The van der Waals surface area contributed by atoms with Gasteiger partial charge in [-0.1, -0.05) is 24.3 Å². The Morgan fingerprint density at radius 2 is 1.94 bits per heavy atom. The summed E-state index contributed by atoms with van der Waals surface area (Å²) in [7, 11) is -2.21. The monoisotopic (exact) mass is 675 g/mol. The number of nitrogens with zero attached hydrogens (tertiary/aromatic N) is 7. The number of fused-ring (bicyclic) bond motifs is 5. The number of hydrogen-bond donors (Lipinski definition) is 0. The lowest BCUT2D eigenvalue weighted by molar-refractivity contribution is -0.0296. The Kier molecular flexibility index (Phi) is 6.53. The van der Waals surface area contributed by atoms with Crippen molar-refractivity contribution >= 4 is 43.3 Å². The smallest absolute Gasteiger partial charge is 0.270 e. The van der Waals surface area contributed by atoms with Crippen molar-refractivity contribution in [1.29, 1.82) is 5.26 Å². The van der Waals surface area contributed by atoms with Gasteiger partial charge in [0.1, 0.15) is 16.3 Å². The average Bonchev–Trinajstić information content (AvgIpc) is 3.57. The highest BCUT2D eigenvalue weighted by molar-refractivity contribution is 7.90. The van der Waals surface area contributed by atoms with Crippen molar-refractivity contribution in [3.63, 3.8) is 0 Å². The number of hydrogen-bond acceptors (Lipinski definition) is 9. The summed E-state index contributed by atoms with van der Waals surface area (Å²) in [5.41, 5.74) is 5.73. The van der Waals surface area contributed by atoms with Gasteiger partial charge in [0.2, 0.25) is 0 Å². The number of ether oxygens (including phenoxy) is 1. The molecule has 2 fully saturated rings. The topological polar surface area (TPSA) is 119 Å². The number of thiazole rings is 1. The van der Waals surface area contributed by atoms with Gasteiger partial charge in [0, 0.05) is 77.8 Å². The molecule has 2 aromatic carbocycles. The Labute approximate surface area is 282 Å². The molecule has 242 valence electrons. The van der Waals surface area contributed by atoms with Crippen molar-refractivity contribution in [1.82, 2.24) is 28.6 Å². The normalized spacial score (nSPS) is 20.2. The Morgan fingerprint density at radius 1 is 1.10 bits per heavy atom. The predicted octanol–water partition coefficient (Wildman–Crippen LogP) is 6.38. The van der Waals surface area contributed by atoms with E-state index in [9.17, 15) is 13.7 Å². The summed E-state index contributed by atoms with van der Waals surface area (Å²) in [5.74, 6) is 0. The highest BCUT2D eigenvalue weighted by Gasteiger charge is 2.52. The van der Waals surface area contributed by atoms with Gasteiger partial charge in [0.05, 0.1) is 29.3 Å². The molecule has 1 saturated heterocycles. The van der Waals surface area contributed by atoms with Crippen LogP contribution in [-0.4, -0.2) is 56.7 Å². The molecule has 10 nitrogen and oxygen atoms in total. The zero-order chi connectivity index (χ0) is 32.8. The van der Waals surface area contributed by atoms with Crippen LogP contribution in [-0.2, 0) is 34.0 Å². The summed E-state index contributed by atoms with van der Waals surface area (Å²) in [5, 5.41) is 18.3. The van der Waals surface area contributed by atoms with Crippen LogP contribution >= 0.6 is 11.3 Å². The van der Waals surface area contributed by atoms with Crippen molar-refractivity contribution in [3.05, 3.63) is 83.1 Å². The van der Waals surface area contributed by atoms with Crippen LogP contribution in [0.15, 0.2) is 71.2 Å². The van der Waals surface area contributed by atoms with Gasteiger partial charge in [-0.3, -0.25) is 9.58 Å². The predicted molar refractivity (Wildman–Crippen MR) is 184 cm³/mol. The van der Waals surface area contributed by atoms with Gasteiger partial charge in [0.25, 0.3) is 10.0 Å². The molecule has 12 heteroatoms. The number of aryl methyl sites for hydroxylation is 2. The fraction of sp³-hybridized carbons (Fsp3) is 0.333. The van der Waals surface area contributed by atoms with E-state index in [1.807, 2.05) is 48.4 Å². The van der Waals surface area contributed by atoms with Crippen LogP contribution in [0.3, 0.4) is 0 Å². The highest BCUT2D eigenvalue weighted by Crippen LogP contribution is 2.54. The summed E-state index contributed by atoms with van der Waals surface area (Å²) in [6, 6.07) is 17.1. The molecule has 0 amide bonds. The Bertz CT molecular complexity index is 2420. The average molecular weight is 676 g/mol. The van der Waals surface area contributed by atoms with Crippen molar-refractivity contribution in [2.75, 3.05) is 19.6 Å². The Balaban J connectivity index is 1.35. The molecule has 1 aliphatic carbocycles. The first-order valence-electron chi connectivity index (χ1n) is 16.2. The second kappa shape index (κ2) is 10.5. The first-order valence-corrected chi connectivity index (χ1v) is 18.5. The summed E-state index contributed by atoms with van der Waals surface area (Å²) in [4.78, 5) is 12.4. The van der Waals surface area contributed by atoms with Crippen LogP contribution in [0.25, 0.3) is 43.8 Å². The summed E-state index contributed by atoms with van der Waals surface area (Å²) in [6.07, 6.45) is 7.13. The van der Waals surface area contributed by atoms with Gasteiger partial charge in [-0.15, -0.1) is 11.3 Å². The van der Waals surface area contributed by atoms with Crippen molar-refractivity contribution in [2.45, 2.75) is 49.7 Å². The molecule has 1 atom stereocenters. The van der Waals surface area contributed by atoms with Crippen molar-refractivity contribution in [3.8, 4) is 27.9 Å². The lowest BCUT2D eigenvalue weighted by atomic mass is 9.87. The first kappa shape index (κ1) is 29.7. The first-order chi connectivity index (χ1) is 23.2. The Hall–Kier alpha value is -4.41. The van der Waals surface area contributed by atoms with Gasteiger partial charge in [-0.05, 0) is 61.4 Å². The lowest BCUT2D eigenvalue weighted by Gasteiger charge is -2.27. The van der Waals surface area contributed by atoms with Crippen molar-refractivity contribution in [2.24, 2.45) is 12.5 Å². The molecule has 1 unspecified atom stereocenters. The standard InChI is InChI=1S/C36H33N7O3S2/c1-23-20-47-34(40-23)32-29(24-8-9-28-25(16-24)18-39-41(28)2)30-31-26(17-38-33(30)43(32)48(44,45)27-6-4-3-5-7-27)19-46-36(31)13-15-42(22-36)21-35(10-11-35)12-14-37/h3-9,16-18,20H,10-13,15,19,21-22H2,1-2H3. The van der Waals surface area contributed by atoms with E-state index in [2.05, 4.69) is 22.1 Å². The zero-order valence-electron chi connectivity index (χ0n) is 26.7. The number of benzene rings is 2. The number of pyridine rings is 1. The molecule has 6 aromatic rings. The van der Waals surface area contributed by atoms with Gasteiger partial charge >= 0.3 is 0 Å². The summed E-state index contributed by atoms with van der Waals surface area (Å²) < 4.78 is 39.7. The van der Waals surface area contributed by atoms with Crippen LogP contribution in [0.1, 0.15) is 42.5 Å². The summed E-state index contributed by atoms with van der Waals surface area (Å²) in [6.45, 7) is 4.71. The van der Waals surface area contributed by atoms with Gasteiger partial charge in [-0.2, -0.15) is 10.4 Å². The molecule has 3 aliphatic rings. The lowest BCUT2D eigenvalue weighted by Crippen LogP contribution is -2.34. The van der Waals surface area contributed by atoms with E-state index in [0.29, 0.717) is 35.9 Å². The number of rotatable bonds is 7. The molecule has 1 saturated carbocycles. The minimum Gasteiger partial charge on any atom is -0.364 e. The Morgan fingerprint density at radius 3 is 2.69 bits per heavy atom. The van der Waals surface area contributed by atoms with E-state index in [4.69, 9.17) is 14.7 Å². The third-order valence-electron chi connectivity index (χ3n) is 10.4. The molecule has 9 rings (SSSR count). The van der Waals surface area contributed by atoms with E-state index in [-0.39, 0.29) is 10.3 Å². The molecular weight excluding hydrogens is 643 g/mol. The largest absolute Gasteiger partial charge is 0.364 e. The van der Waals surface area contributed by atoms with Gasteiger partial charge in [-0.25, -0.2) is 22.4 Å². The van der Waals surface area contributed by atoms with Crippen LogP contribution in [0.5, 0.6) is 0 Å². The van der Waals surface area contributed by atoms with Crippen LogP contribution in [0.4, 0.5) is 0 Å². The van der Waals surface area contributed by atoms with Gasteiger partial charge in [0.15, 0.2) is 5.65 Å². The fourth-order valence-electron chi connectivity index (χ4n) is 7.89. The zero-order valence-corrected chi connectivity index (χ0v) is 28.3. The maximum atomic E-state index is 14.8. The maximum Gasteiger partial charge on any atom is 0.270 e. The molecule has 6 heterocycles. The third-order valence-corrected chi connectivity index (χ3v) is 13.1. The number of nitriles is 1. The highest BCUT2D eigenvalue weighted by atomic mass is 32.2. The van der Waals surface area contributed by atoms with E-state index >= 15 is 0 Å². The number of aromatic nitrogens is 5. The van der Waals surface area contributed by atoms with Crippen molar-refractivity contribution < 1.29 is 13.2 Å². The second-order valence-electron chi connectivity index (χ2n) is 13.6. The number of likely N-dealkylation sites (tertiary alicyclic amines) is 1.